The summed E-state index contributed by atoms with van der Waals surface area (Å²) in [5, 5.41) is 40.1. The van der Waals surface area contributed by atoms with Crippen LogP contribution in [0.2, 0.25) is 0 Å². The fourth-order valence-electron chi connectivity index (χ4n) is 1.67. The quantitative estimate of drug-likeness (QED) is 0.339. The van der Waals surface area contributed by atoms with Gasteiger partial charge in [-0.3, -0.25) is 0 Å². The van der Waals surface area contributed by atoms with E-state index in [2.05, 4.69) is 0 Å². The van der Waals surface area contributed by atoms with Gasteiger partial charge in [0.05, 0.1) is 24.5 Å². The zero-order valence-electron chi connectivity index (χ0n) is 10.3. The van der Waals surface area contributed by atoms with Crippen molar-refractivity contribution in [2.24, 2.45) is 0 Å². The molecule has 0 aliphatic carbocycles. The molecule has 0 fully saturated rings. The van der Waals surface area contributed by atoms with E-state index in [-0.39, 0.29) is 37.7 Å². The van der Waals surface area contributed by atoms with Crippen LogP contribution in [0.15, 0.2) is 0 Å². The molecule has 19 heavy (non-hydrogen) atoms. The highest BCUT2D eigenvalue weighted by Gasteiger charge is 2.15. The number of carbonyl (C=O) groups excluding carboxylic acids is 3. The first kappa shape index (κ1) is 17.3. The molecular formula is C10H17N2O7-. The molecule has 0 saturated heterocycles. The number of carbonyl (C=O) groups is 3. The zero-order valence-corrected chi connectivity index (χ0v) is 10.3. The topological polar surface area (TPSA) is 150 Å². The van der Waals surface area contributed by atoms with Gasteiger partial charge < -0.3 is 44.6 Å². The van der Waals surface area contributed by atoms with Crippen LogP contribution in [-0.2, 0) is 14.4 Å². The first-order chi connectivity index (χ1) is 8.85. The van der Waals surface area contributed by atoms with Gasteiger partial charge in [0, 0.05) is 0 Å². The maximum atomic E-state index is 10.5. The van der Waals surface area contributed by atoms with Gasteiger partial charge in [0.15, 0.2) is 0 Å². The van der Waals surface area contributed by atoms with Gasteiger partial charge in [-0.05, 0) is 0 Å². The summed E-state index contributed by atoms with van der Waals surface area (Å²) in [6, 6.07) is 0. The molecule has 0 aromatic rings. The highest BCUT2D eigenvalue weighted by molar-refractivity contribution is 5.67. The van der Waals surface area contributed by atoms with Crippen LogP contribution in [0.4, 0.5) is 0 Å². The van der Waals surface area contributed by atoms with E-state index in [1.54, 1.807) is 0 Å². The highest BCUT2D eigenvalue weighted by atomic mass is 16.4. The van der Waals surface area contributed by atoms with E-state index in [0.29, 0.717) is 4.90 Å². The van der Waals surface area contributed by atoms with Crippen LogP contribution in [0.3, 0.4) is 0 Å². The number of carboxylic acids is 3. The van der Waals surface area contributed by atoms with Gasteiger partial charge in [0.25, 0.3) is 0 Å². The van der Waals surface area contributed by atoms with Gasteiger partial charge in [-0.1, -0.05) is 0 Å². The molecule has 9 heteroatoms. The molecule has 3 N–H and O–H groups in total. The number of hydrogen-bond donors (Lipinski definition) is 3. The predicted octanol–water partition coefficient (Wildman–Crippen LogP) is -9.00. The molecular weight excluding hydrogens is 260 g/mol. The Bertz CT molecular complexity index is 305. The van der Waals surface area contributed by atoms with Crippen molar-refractivity contribution in [1.29, 1.82) is 0 Å². The molecule has 110 valence electrons. The number of rotatable bonds is 11. The Hall–Kier alpha value is -1.71. The van der Waals surface area contributed by atoms with Crippen LogP contribution < -0.4 is 25.1 Å². The van der Waals surface area contributed by atoms with Gasteiger partial charge in [-0.15, -0.1) is 0 Å². The lowest BCUT2D eigenvalue weighted by Gasteiger charge is -2.24. The number of carboxylic acid groups (broad SMARTS) is 3. The Balaban J connectivity index is 4.34. The largest absolute Gasteiger partial charge is 0.544 e. The van der Waals surface area contributed by atoms with Gasteiger partial charge in [0.2, 0.25) is 0 Å². The van der Waals surface area contributed by atoms with Crippen molar-refractivity contribution in [2.75, 3.05) is 45.9 Å². The molecule has 0 aliphatic heterocycles. The lowest BCUT2D eigenvalue weighted by Crippen LogP contribution is -3.22. The Morgan fingerprint density at radius 2 is 1.11 bits per heavy atom. The van der Waals surface area contributed by atoms with E-state index >= 15 is 0 Å². The lowest BCUT2D eigenvalue weighted by atomic mass is 10.4. The first-order valence-electron chi connectivity index (χ1n) is 5.72. The minimum absolute atomic E-state index is 0.102. The molecule has 1 atom stereocenters. The normalized spacial score (nSPS) is 12.3. The summed E-state index contributed by atoms with van der Waals surface area (Å²) in [6.45, 7) is -1.16. The summed E-state index contributed by atoms with van der Waals surface area (Å²) in [7, 11) is 0. The minimum Gasteiger partial charge on any atom is -0.544 e. The Morgan fingerprint density at radius 3 is 1.47 bits per heavy atom. The van der Waals surface area contributed by atoms with Crippen LogP contribution >= 0.6 is 0 Å². The molecule has 0 heterocycles. The Labute approximate surface area is 109 Å². The van der Waals surface area contributed by atoms with Crippen LogP contribution in [0, 0.1) is 0 Å². The van der Waals surface area contributed by atoms with Crippen LogP contribution in [0.25, 0.3) is 0 Å². The van der Waals surface area contributed by atoms with Crippen LogP contribution in [-0.4, -0.2) is 68.9 Å². The second-order valence-electron chi connectivity index (χ2n) is 4.12. The van der Waals surface area contributed by atoms with Crippen molar-refractivity contribution in [1.82, 2.24) is 0 Å². The molecule has 0 amide bonds. The zero-order chi connectivity index (χ0) is 14.8. The van der Waals surface area contributed by atoms with Gasteiger partial charge >= 0.3 is 0 Å². The number of quaternary nitrogens is 2. The maximum Gasteiger partial charge on any atom is 0.127 e. The maximum absolute atomic E-state index is 10.5. The van der Waals surface area contributed by atoms with Crippen LogP contribution in [0.1, 0.15) is 0 Å². The number of aliphatic hydroxyl groups excluding tert-OH is 1. The molecule has 0 bridgehead atoms. The summed E-state index contributed by atoms with van der Waals surface area (Å²) in [4.78, 5) is 32.0. The van der Waals surface area contributed by atoms with E-state index in [9.17, 15) is 29.7 Å². The number of nitrogens with one attached hydrogen (secondary N) is 2. The molecule has 0 saturated carbocycles. The minimum atomic E-state index is -1.40. The fourth-order valence-corrected chi connectivity index (χ4v) is 1.67. The second kappa shape index (κ2) is 9.25. The third-order valence-corrected chi connectivity index (χ3v) is 2.48. The van der Waals surface area contributed by atoms with Crippen LogP contribution in [0.5, 0.6) is 0 Å². The van der Waals surface area contributed by atoms with Crippen molar-refractivity contribution in [3.8, 4) is 0 Å². The Morgan fingerprint density at radius 1 is 0.737 bits per heavy atom. The van der Waals surface area contributed by atoms with Crippen molar-refractivity contribution in [3.63, 3.8) is 0 Å². The first-order valence-corrected chi connectivity index (χ1v) is 5.72. The number of aliphatic hydroxyl groups is 1. The average molecular weight is 277 g/mol. The summed E-state index contributed by atoms with van der Waals surface area (Å²) in [5.74, 6) is -4.11. The third kappa shape index (κ3) is 9.94. The van der Waals surface area contributed by atoms with Gasteiger partial charge in [-0.2, -0.15) is 0 Å². The summed E-state index contributed by atoms with van der Waals surface area (Å²) >= 11 is 0. The number of hydrogen-bond acceptors (Lipinski definition) is 7. The van der Waals surface area contributed by atoms with Crippen molar-refractivity contribution in [3.05, 3.63) is 0 Å². The van der Waals surface area contributed by atoms with E-state index in [1.807, 2.05) is 0 Å². The smallest absolute Gasteiger partial charge is 0.127 e. The fraction of sp³-hybridized carbons (Fsp3) is 0.700. The lowest BCUT2D eigenvalue weighted by molar-refractivity contribution is -0.949. The molecule has 0 aromatic carbocycles. The Kier molecular flexibility index (Phi) is 8.42. The highest BCUT2D eigenvalue weighted by Crippen LogP contribution is 1.56. The van der Waals surface area contributed by atoms with E-state index in [0.717, 1.165) is 0 Å². The monoisotopic (exact) mass is 277 g/mol. The average Bonchev–Trinajstić information content (AvgIpc) is 2.23. The standard InChI is InChI=1S/C10H18N2O7/c13-4-3-11(5-8(14)15)1-2-12(6-9(16)17)7-10(18)19/h13H,1-7H2,(H,14,15)(H,16,17)(H,18,19)/p-1. The van der Waals surface area contributed by atoms with E-state index in [4.69, 9.17) is 5.11 Å². The predicted molar refractivity (Wildman–Crippen MR) is 53.2 cm³/mol. The summed E-state index contributed by atoms with van der Waals surface area (Å²) in [6.07, 6.45) is 0. The molecule has 1 unspecified atom stereocenters. The second-order valence-corrected chi connectivity index (χ2v) is 4.12. The molecule has 0 aromatic heterocycles. The van der Waals surface area contributed by atoms with Gasteiger partial charge in [0.1, 0.15) is 39.3 Å². The SMILES string of the molecule is O=C([O-])C[NH+](CCO)CC[NH+](CC(=O)[O-])CC(=O)[O-]. The van der Waals surface area contributed by atoms with E-state index < -0.39 is 31.0 Å². The van der Waals surface area contributed by atoms with Crippen molar-refractivity contribution >= 4 is 17.9 Å². The molecule has 0 rings (SSSR count). The van der Waals surface area contributed by atoms with E-state index in [1.165, 1.54) is 0 Å². The van der Waals surface area contributed by atoms with Crippen molar-refractivity contribution in [2.45, 2.75) is 0 Å². The van der Waals surface area contributed by atoms with Gasteiger partial charge in [-0.25, -0.2) is 0 Å². The molecule has 0 aliphatic rings. The molecule has 0 radical (unpaired) electrons. The van der Waals surface area contributed by atoms with Crippen molar-refractivity contribution < 1.29 is 44.6 Å². The summed E-state index contributed by atoms with van der Waals surface area (Å²) < 4.78 is 0. The number of aliphatic carboxylic acids is 3. The summed E-state index contributed by atoms with van der Waals surface area (Å²) in [5.41, 5.74) is 0. The molecule has 0 spiro atoms. The molecule has 9 nitrogen and oxygen atoms in total. The third-order valence-electron chi connectivity index (χ3n) is 2.48.